The molecule has 2 N–H and O–H groups in total. The number of anilines is 2. The largest absolute Gasteiger partial charge is 0.496 e. The smallest absolute Gasteiger partial charge is 0.240 e. The Balaban J connectivity index is 1.12. The fraction of sp³-hybridized carbons (Fsp3) is 0.353. The average Bonchev–Trinajstić information content (AvgIpc) is 3.88. The maximum atomic E-state index is 15.3. The third kappa shape index (κ3) is 7.08. The molecule has 4 aromatic rings. The van der Waals surface area contributed by atoms with E-state index in [4.69, 9.17) is 14.2 Å². The van der Waals surface area contributed by atoms with Gasteiger partial charge in [0.1, 0.15) is 23.3 Å². The first-order chi connectivity index (χ1) is 22.3. The monoisotopic (exact) mass is 631 g/mol. The summed E-state index contributed by atoms with van der Waals surface area (Å²) in [4.78, 5) is 36.9. The Hall–Kier alpha value is -4.68. The molecule has 0 bridgehead atoms. The van der Waals surface area contributed by atoms with Crippen molar-refractivity contribution in [3.8, 4) is 17.4 Å². The number of amides is 2. The third-order valence-electron chi connectivity index (χ3n) is 8.39. The van der Waals surface area contributed by atoms with Gasteiger partial charge in [-0.1, -0.05) is 0 Å². The highest BCUT2D eigenvalue weighted by atomic mass is 19.1. The van der Waals surface area contributed by atoms with Gasteiger partial charge in [-0.3, -0.25) is 14.5 Å². The number of fused-ring (bicyclic) bond motifs is 1. The van der Waals surface area contributed by atoms with E-state index in [0.717, 1.165) is 69.5 Å². The summed E-state index contributed by atoms with van der Waals surface area (Å²) in [6.45, 7) is 4.48. The lowest BCUT2D eigenvalue weighted by Crippen LogP contribution is -2.36. The number of hydrogen-bond donors (Lipinski definition) is 2. The minimum absolute atomic E-state index is 0.0870. The highest BCUT2D eigenvalue weighted by molar-refractivity contribution is 6.16. The van der Waals surface area contributed by atoms with Gasteiger partial charge in [0, 0.05) is 36.6 Å². The number of methoxy groups -OCH3 is 1. The molecule has 1 aliphatic carbocycles. The van der Waals surface area contributed by atoms with Gasteiger partial charge in [0.2, 0.25) is 17.7 Å². The number of carbonyl (C=O) groups is 2. The van der Waals surface area contributed by atoms with Crippen LogP contribution in [0.25, 0.3) is 10.9 Å². The molecule has 2 fully saturated rings. The average molecular weight is 632 g/mol. The van der Waals surface area contributed by atoms with Crippen LogP contribution in [-0.2, 0) is 20.7 Å². The van der Waals surface area contributed by atoms with Crippen molar-refractivity contribution in [2.24, 2.45) is 5.41 Å². The van der Waals surface area contributed by atoms with E-state index in [2.05, 4.69) is 25.5 Å². The van der Waals surface area contributed by atoms with Gasteiger partial charge in [0.15, 0.2) is 11.6 Å². The number of benzene rings is 3. The van der Waals surface area contributed by atoms with Crippen LogP contribution in [0.5, 0.6) is 17.4 Å². The van der Waals surface area contributed by atoms with E-state index >= 15 is 4.39 Å². The first-order valence-electron chi connectivity index (χ1n) is 15.3. The van der Waals surface area contributed by atoms with Crippen LogP contribution in [0.3, 0.4) is 0 Å². The van der Waals surface area contributed by atoms with Crippen LogP contribution in [0.4, 0.5) is 20.2 Å². The van der Waals surface area contributed by atoms with Gasteiger partial charge < -0.3 is 24.8 Å². The van der Waals surface area contributed by atoms with Crippen LogP contribution in [0, 0.1) is 17.0 Å². The molecule has 0 spiro atoms. The number of hydrogen-bond acceptors (Lipinski definition) is 8. The fourth-order valence-electron chi connectivity index (χ4n) is 5.53. The van der Waals surface area contributed by atoms with Crippen molar-refractivity contribution in [2.75, 3.05) is 50.6 Å². The molecule has 1 saturated carbocycles. The molecule has 2 amide bonds. The zero-order valence-corrected chi connectivity index (χ0v) is 25.5. The summed E-state index contributed by atoms with van der Waals surface area (Å²) < 4.78 is 45.5. The number of ether oxygens (including phenoxy) is 3. The zero-order valence-electron chi connectivity index (χ0n) is 25.5. The second-order valence-corrected chi connectivity index (χ2v) is 11.5. The van der Waals surface area contributed by atoms with Crippen molar-refractivity contribution < 1.29 is 32.6 Å². The predicted octanol–water partition coefficient (Wildman–Crippen LogP) is 5.72. The van der Waals surface area contributed by atoms with Crippen LogP contribution in [-0.4, -0.2) is 66.6 Å². The van der Waals surface area contributed by atoms with Crippen LogP contribution < -0.4 is 20.1 Å². The van der Waals surface area contributed by atoms with Crippen molar-refractivity contribution in [1.29, 1.82) is 0 Å². The molecule has 1 aliphatic heterocycles. The summed E-state index contributed by atoms with van der Waals surface area (Å²) in [6, 6.07) is 13.1. The van der Waals surface area contributed by atoms with Gasteiger partial charge >= 0.3 is 0 Å². The lowest BCUT2D eigenvalue weighted by Gasteiger charge is -2.26. The Bertz CT molecular complexity index is 1730. The second kappa shape index (κ2) is 13.8. The van der Waals surface area contributed by atoms with E-state index in [9.17, 15) is 14.0 Å². The summed E-state index contributed by atoms with van der Waals surface area (Å²) in [6.07, 6.45) is 4.81. The Kier molecular flexibility index (Phi) is 9.36. The Morgan fingerprint density at radius 1 is 0.913 bits per heavy atom. The molecular weight excluding hydrogens is 596 g/mol. The van der Waals surface area contributed by atoms with E-state index in [1.165, 1.54) is 42.7 Å². The van der Waals surface area contributed by atoms with Gasteiger partial charge in [0.25, 0.3) is 0 Å². The molecule has 0 unspecified atom stereocenters. The van der Waals surface area contributed by atoms with Crippen LogP contribution in [0.15, 0.2) is 60.9 Å². The Labute approximate surface area is 265 Å². The molecule has 0 radical (unpaired) electrons. The Morgan fingerprint density at radius 3 is 2.33 bits per heavy atom. The zero-order chi connectivity index (χ0) is 32.1. The van der Waals surface area contributed by atoms with Gasteiger partial charge in [-0.2, -0.15) is 0 Å². The molecule has 12 heteroatoms. The summed E-state index contributed by atoms with van der Waals surface area (Å²) in [7, 11) is 1.62. The number of carbonyl (C=O) groups excluding carboxylic acids is 2. The Morgan fingerprint density at radius 2 is 1.63 bits per heavy atom. The maximum Gasteiger partial charge on any atom is 0.240 e. The van der Waals surface area contributed by atoms with E-state index in [1.807, 2.05) is 12.1 Å². The highest BCUT2D eigenvalue weighted by Gasteiger charge is 2.56. The molecule has 3 aromatic carbocycles. The molecule has 6 rings (SSSR count). The van der Waals surface area contributed by atoms with Gasteiger partial charge in [0.05, 0.1) is 31.2 Å². The maximum absolute atomic E-state index is 15.3. The number of nitrogens with zero attached hydrogens (tertiary/aromatic N) is 3. The van der Waals surface area contributed by atoms with Crippen LogP contribution in [0.1, 0.15) is 31.2 Å². The third-order valence-corrected chi connectivity index (χ3v) is 8.39. The molecule has 46 heavy (non-hydrogen) atoms. The predicted molar refractivity (Wildman–Crippen MR) is 168 cm³/mol. The first kappa shape index (κ1) is 31.3. The number of unbranched alkanes of at least 4 members (excludes halogenated alkanes) is 1. The quantitative estimate of drug-likeness (QED) is 0.151. The van der Waals surface area contributed by atoms with Crippen molar-refractivity contribution in [2.45, 2.75) is 32.1 Å². The van der Waals surface area contributed by atoms with E-state index < -0.39 is 28.9 Å². The standard InChI is InChI=1S/C34H35F2N5O5/c1-44-30-20-28-26(18-22(30)4-2-3-13-41-14-16-45-17-15-41)31(38-21-37-28)46-29-10-9-25(19-27(29)36)40-33(43)34(11-12-34)32(42)39-24-7-5-23(35)6-8-24/h5-10,18-21H,2-4,11-17H2,1H3,(H,39,42)(H,40,43). The van der Waals surface area contributed by atoms with Crippen molar-refractivity contribution in [1.82, 2.24) is 14.9 Å². The number of rotatable bonds is 12. The van der Waals surface area contributed by atoms with Crippen molar-refractivity contribution >= 4 is 34.1 Å². The minimum atomic E-state index is -1.28. The molecule has 240 valence electrons. The molecule has 2 heterocycles. The number of aryl methyl sites for hydroxylation is 1. The van der Waals surface area contributed by atoms with E-state index in [0.29, 0.717) is 29.4 Å². The van der Waals surface area contributed by atoms with Crippen molar-refractivity contribution in [3.05, 3.63) is 78.1 Å². The molecule has 1 saturated heterocycles. The SMILES string of the molecule is COc1cc2ncnc(Oc3ccc(NC(=O)C4(C(=O)Nc5ccc(F)cc5)CC4)cc3F)c2cc1CCCCN1CCOCC1. The summed E-state index contributed by atoms with van der Waals surface area (Å²) >= 11 is 0. The van der Waals surface area contributed by atoms with Crippen LogP contribution in [0.2, 0.25) is 0 Å². The highest BCUT2D eigenvalue weighted by Crippen LogP contribution is 2.47. The number of nitrogens with one attached hydrogen (secondary N) is 2. The summed E-state index contributed by atoms with van der Waals surface area (Å²) in [5.74, 6) is -1.39. The molecule has 10 nitrogen and oxygen atoms in total. The summed E-state index contributed by atoms with van der Waals surface area (Å²) in [5.41, 5.74) is 0.850. The first-order valence-corrected chi connectivity index (χ1v) is 15.3. The normalized spacial score (nSPS) is 15.7. The van der Waals surface area contributed by atoms with Crippen molar-refractivity contribution in [3.63, 3.8) is 0 Å². The van der Waals surface area contributed by atoms with Gasteiger partial charge in [-0.05, 0) is 86.7 Å². The minimum Gasteiger partial charge on any atom is -0.496 e. The van der Waals surface area contributed by atoms with E-state index in [-0.39, 0.29) is 17.3 Å². The number of aromatic nitrogens is 2. The summed E-state index contributed by atoms with van der Waals surface area (Å²) in [5, 5.41) is 5.91. The molecule has 1 aromatic heterocycles. The molecule has 0 atom stereocenters. The van der Waals surface area contributed by atoms with Gasteiger partial charge in [-0.25, -0.2) is 18.7 Å². The molecule has 2 aliphatic rings. The molecular formula is C34H35F2N5O5. The topological polar surface area (TPSA) is 115 Å². The van der Waals surface area contributed by atoms with Crippen LogP contribution >= 0.6 is 0 Å². The second-order valence-electron chi connectivity index (χ2n) is 11.5. The number of morpholine rings is 1. The lowest BCUT2D eigenvalue weighted by molar-refractivity contribution is -0.131. The lowest BCUT2D eigenvalue weighted by atomic mass is 10.0. The van der Waals surface area contributed by atoms with Gasteiger partial charge in [-0.15, -0.1) is 0 Å². The van der Waals surface area contributed by atoms with E-state index in [1.54, 1.807) is 7.11 Å². The fourth-order valence-corrected chi connectivity index (χ4v) is 5.53. The number of halogens is 2.